The smallest absolute Gasteiger partial charge is 0.246 e. The fourth-order valence-corrected chi connectivity index (χ4v) is 3.69. The number of hydrogen-bond donors (Lipinski definition) is 0. The zero-order chi connectivity index (χ0) is 14.9. The van der Waals surface area contributed by atoms with Crippen LogP contribution in [0.2, 0.25) is 0 Å². The van der Waals surface area contributed by atoms with E-state index in [1.165, 1.54) is 0 Å². The zero-order valence-corrected chi connectivity index (χ0v) is 13.3. The summed E-state index contributed by atoms with van der Waals surface area (Å²) in [6, 6.07) is 5.93. The molecule has 0 radical (unpaired) electrons. The molecule has 0 aliphatic heterocycles. The van der Waals surface area contributed by atoms with E-state index in [2.05, 4.69) is 20.1 Å². The van der Waals surface area contributed by atoms with Gasteiger partial charge in [0.15, 0.2) is 0 Å². The summed E-state index contributed by atoms with van der Waals surface area (Å²) >= 11 is 3.21. The van der Waals surface area contributed by atoms with Gasteiger partial charge >= 0.3 is 0 Å². The molecule has 4 heterocycles. The first-order chi connectivity index (χ1) is 10.8. The van der Waals surface area contributed by atoms with Crippen molar-refractivity contribution in [2.75, 3.05) is 11.9 Å². The Balaban J connectivity index is 1.59. The average Bonchev–Trinajstić information content (AvgIpc) is 3.27. The molecular weight excluding hydrogens is 318 g/mol. The molecule has 0 aliphatic carbocycles. The predicted molar refractivity (Wildman–Crippen MR) is 87.1 cm³/mol. The monoisotopic (exact) mass is 329 g/mol. The highest BCUT2D eigenvalue weighted by Crippen LogP contribution is 2.28. The van der Waals surface area contributed by atoms with E-state index in [9.17, 15) is 0 Å². The molecule has 0 saturated carbocycles. The lowest BCUT2D eigenvalue weighted by molar-refractivity contribution is 0.378. The number of nitrogens with zero attached hydrogens (tertiary/aromatic N) is 5. The maximum absolute atomic E-state index is 5.34. The first-order valence-corrected chi connectivity index (χ1v) is 8.33. The van der Waals surface area contributed by atoms with E-state index in [1.54, 1.807) is 29.0 Å². The van der Waals surface area contributed by atoms with Crippen LogP contribution in [0.25, 0.3) is 20.9 Å². The summed E-state index contributed by atoms with van der Waals surface area (Å²) in [6.45, 7) is 0.502. The Morgan fingerprint density at radius 3 is 3.00 bits per heavy atom. The van der Waals surface area contributed by atoms with Crippen molar-refractivity contribution in [3.63, 3.8) is 0 Å². The summed E-state index contributed by atoms with van der Waals surface area (Å²) in [6.07, 6.45) is 1.58. The molecule has 0 aliphatic rings. The highest BCUT2D eigenvalue weighted by Gasteiger charge is 2.15. The van der Waals surface area contributed by atoms with Gasteiger partial charge in [-0.1, -0.05) is 11.2 Å². The van der Waals surface area contributed by atoms with Gasteiger partial charge in [-0.2, -0.15) is 4.98 Å². The van der Waals surface area contributed by atoms with Crippen LogP contribution in [0.3, 0.4) is 0 Å². The van der Waals surface area contributed by atoms with Crippen LogP contribution >= 0.6 is 22.7 Å². The van der Waals surface area contributed by atoms with E-state index in [0.29, 0.717) is 18.3 Å². The largest absolute Gasteiger partial charge is 0.349 e. The second kappa shape index (κ2) is 5.47. The van der Waals surface area contributed by atoms with Crippen molar-refractivity contribution in [3.8, 4) is 10.7 Å². The summed E-state index contributed by atoms with van der Waals surface area (Å²) in [5, 5.41) is 8.03. The molecular formula is C14H11N5OS2. The van der Waals surface area contributed by atoms with Crippen LogP contribution in [0.15, 0.2) is 39.8 Å². The standard InChI is InChI=1S/C14H11N5OS2/c1-19(14-12-9(4-6-22-12)15-8-16-14)7-11-17-13(18-20-11)10-3-2-5-21-10/h2-6,8H,7H2,1H3. The molecule has 0 aromatic carbocycles. The van der Waals surface area contributed by atoms with Gasteiger partial charge in [0.05, 0.1) is 21.6 Å². The molecule has 8 heteroatoms. The van der Waals surface area contributed by atoms with Crippen LogP contribution in [-0.4, -0.2) is 27.2 Å². The molecule has 22 heavy (non-hydrogen) atoms. The molecule has 0 fully saturated rings. The maximum atomic E-state index is 5.34. The van der Waals surface area contributed by atoms with Crippen LogP contribution in [0.1, 0.15) is 5.89 Å². The number of fused-ring (bicyclic) bond motifs is 1. The van der Waals surface area contributed by atoms with Crippen molar-refractivity contribution in [3.05, 3.63) is 41.2 Å². The van der Waals surface area contributed by atoms with E-state index in [0.717, 1.165) is 20.9 Å². The Morgan fingerprint density at radius 2 is 2.14 bits per heavy atom. The average molecular weight is 329 g/mol. The van der Waals surface area contributed by atoms with Gasteiger partial charge in [-0.05, 0) is 22.9 Å². The Hall–Kier alpha value is -2.32. The lowest BCUT2D eigenvalue weighted by Crippen LogP contribution is -2.18. The Labute approximate surface area is 134 Å². The van der Waals surface area contributed by atoms with E-state index >= 15 is 0 Å². The Kier molecular flexibility index (Phi) is 3.32. The van der Waals surface area contributed by atoms with Crippen LogP contribution in [0, 0.1) is 0 Å². The normalized spacial score (nSPS) is 11.1. The molecule has 0 bridgehead atoms. The highest BCUT2D eigenvalue weighted by atomic mass is 32.1. The van der Waals surface area contributed by atoms with Gasteiger partial charge < -0.3 is 9.42 Å². The van der Waals surface area contributed by atoms with Gasteiger partial charge in [-0.25, -0.2) is 9.97 Å². The van der Waals surface area contributed by atoms with Crippen LogP contribution < -0.4 is 4.90 Å². The number of rotatable bonds is 4. The molecule has 0 spiro atoms. The fourth-order valence-electron chi connectivity index (χ4n) is 2.15. The molecule has 0 atom stereocenters. The molecule has 0 saturated heterocycles. The van der Waals surface area contributed by atoms with Crippen molar-refractivity contribution >= 4 is 38.7 Å². The second-order valence-corrected chi connectivity index (χ2v) is 6.54. The molecule has 0 N–H and O–H groups in total. The minimum Gasteiger partial charge on any atom is -0.349 e. The zero-order valence-electron chi connectivity index (χ0n) is 11.6. The maximum Gasteiger partial charge on any atom is 0.246 e. The molecule has 110 valence electrons. The van der Waals surface area contributed by atoms with Crippen molar-refractivity contribution in [1.29, 1.82) is 0 Å². The fraction of sp³-hybridized carbons (Fsp3) is 0.143. The third-order valence-corrected chi connectivity index (χ3v) is 4.93. The van der Waals surface area contributed by atoms with Gasteiger partial charge in [0.25, 0.3) is 0 Å². The molecule has 0 amide bonds. The van der Waals surface area contributed by atoms with E-state index < -0.39 is 0 Å². The topological polar surface area (TPSA) is 67.9 Å². The Morgan fingerprint density at radius 1 is 1.18 bits per heavy atom. The number of aromatic nitrogens is 4. The lowest BCUT2D eigenvalue weighted by Gasteiger charge is -2.15. The van der Waals surface area contributed by atoms with Crippen LogP contribution in [0.4, 0.5) is 5.82 Å². The van der Waals surface area contributed by atoms with E-state index in [-0.39, 0.29) is 0 Å². The van der Waals surface area contributed by atoms with E-state index in [4.69, 9.17) is 4.52 Å². The summed E-state index contributed by atoms with van der Waals surface area (Å²) in [4.78, 5) is 16.1. The highest BCUT2D eigenvalue weighted by molar-refractivity contribution is 7.17. The van der Waals surface area contributed by atoms with E-state index in [1.807, 2.05) is 40.9 Å². The predicted octanol–water partition coefficient (Wildman–Crippen LogP) is 3.44. The van der Waals surface area contributed by atoms with Gasteiger partial charge in [0, 0.05) is 7.05 Å². The first-order valence-electron chi connectivity index (χ1n) is 6.57. The van der Waals surface area contributed by atoms with Gasteiger partial charge in [-0.15, -0.1) is 22.7 Å². The summed E-state index contributed by atoms with van der Waals surface area (Å²) < 4.78 is 6.40. The molecule has 4 aromatic heterocycles. The van der Waals surface area contributed by atoms with Crippen molar-refractivity contribution < 1.29 is 4.52 Å². The van der Waals surface area contributed by atoms with Gasteiger partial charge in [0.2, 0.25) is 11.7 Å². The quantitative estimate of drug-likeness (QED) is 0.571. The Bertz CT molecular complexity index is 899. The van der Waals surface area contributed by atoms with Crippen LogP contribution in [0.5, 0.6) is 0 Å². The molecule has 4 aromatic rings. The SMILES string of the molecule is CN(Cc1nc(-c2cccs2)no1)c1ncnc2ccsc12. The molecule has 6 nitrogen and oxygen atoms in total. The van der Waals surface area contributed by atoms with Gasteiger partial charge in [0.1, 0.15) is 12.1 Å². The number of hydrogen-bond acceptors (Lipinski definition) is 8. The van der Waals surface area contributed by atoms with Crippen molar-refractivity contribution in [2.45, 2.75) is 6.54 Å². The number of anilines is 1. The van der Waals surface area contributed by atoms with Crippen LogP contribution in [-0.2, 0) is 6.54 Å². The minimum atomic E-state index is 0.502. The second-order valence-electron chi connectivity index (χ2n) is 4.68. The summed E-state index contributed by atoms with van der Waals surface area (Å²) in [5.74, 6) is 2.06. The molecule has 0 unspecified atom stereocenters. The van der Waals surface area contributed by atoms with Crippen molar-refractivity contribution in [1.82, 2.24) is 20.1 Å². The first kappa shape index (κ1) is 13.4. The third-order valence-electron chi connectivity index (χ3n) is 3.17. The number of thiophene rings is 2. The van der Waals surface area contributed by atoms with Crippen molar-refractivity contribution in [2.24, 2.45) is 0 Å². The van der Waals surface area contributed by atoms with Gasteiger partial charge in [-0.3, -0.25) is 0 Å². The molecule has 4 rings (SSSR count). The minimum absolute atomic E-state index is 0.502. The summed E-state index contributed by atoms with van der Waals surface area (Å²) in [5.41, 5.74) is 0.951. The summed E-state index contributed by atoms with van der Waals surface area (Å²) in [7, 11) is 1.95. The lowest BCUT2D eigenvalue weighted by atomic mass is 10.4. The third kappa shape index (κ3) is 2.36.